The number of nitriles is 1. The SMILES string of the molecule is N#Cc1ccnnc1N(CC(N)=O)Cc1cccc(N)c1. The lowest BCUT2D eigenvalue weighted by molar-refractivity contribution is -0.116. The second-order valence-corrected chi connectivity index (χ2v) is 4.45. The van der Waals surface area contributed by atoms with Crippen molar-refractivity contribution in [2.45, 2.75) is 6.54 Å². The van der Waals surface area contributed by atoms with Crippen LogP contribution in [-0.4, -0.2) is 22.6 Å². The number of hydrogen-bond donors (Lipinski definition) is 2. The molecule has 2 aromatic rings. The molecular weight excluding hydrogens is 268 g/mol. The minimum atomic E-state index is -0.520. The second kappa shape index (κ2) is 6.34. The van der Waals surface area contributed by atoms with E-state index in [-0.39, 0.29) is 6.54 Å². The Hall–Kier alpha value is -3.14. The fourth-order valence-electron chi connectivity index (χ4n) is 1.95. The van der Waals surface area contributed by atoms with Gasteiger partial charge >= 0.3 is 0 Å². The van der Waals surface area contributed by atoms with Crippen molar-refractivity contribution in [1.82, 2.24) is 10.2 Å². The minimum Gasteiger partial charge on any atom is -0.399 e. The van der Waals surface area contributed by atoms with Crippen LogP contribution in [0.3, 0.4) is 0 Å². The molecule has 0 aliphatic rings. The number of rotatable bonds is 5. The van der Waals surface area contributed by atoms with Gasteiger partial charge in [0.25, 0.3) is 0 Å². The highest BCUT2D eigenvalue weighted by molar-refractivity contribution is 5.79. The monoisotopic (exact) mass is 282 g/mol. The van der Waals surface area contributed by atoms with Gasteiger partial charge in [-0.05, 0) is 23.8 Å². The van der Waals surface area contributed by atoms with Crippen LogP contribution in [0.15, 0.2) is 36.5 Å². The lowest BCUT2D eigenvalue weighted by Crippen LogP contribution is -2.34. The first-order valence-corrected chi connectivity index (χ1v) is 6.19. The summed E-state index contributed by atoms with van der Waals surface area (Å²) in [5.41, 5.74) is 12.8. The first-order chi connectivity index (χ1) is 10.1. The van der Waals surface area contributed by atoms with E-state index in [0.717, 1.165) is 5.56 Å². The van der Waals surface area contributed by atoms with Gasteiger partial charge in [0, 0.05) is 12.2 Å². The Kier molecular flexibility index (Phi) is 4.31. The van der Waals surface area contributed by atoms with Gasteiger partial charge in [-0.3, -0.25) is 4.79 Å². The van der Waals surface area contributed by atoms with E-state index in [1.165, 1.54) is 12.3 Å². The van der Waals surface area contributed by atoms with Crippen molar-refractivity contribution in [2.24, 2.45) is 5.73 Å². The van der Waals surface area contributed by atoms with Crippen molar-refractivity contribution >= 4 is 17.4 Å². The third kappa shape index (κ3) is 3.67. The summed E-state index contributed by atoms with van der Waals surface area (Å²) in [5, 5.41) is 16.8. The summed E-state index contributed by atoms with van der Waals surface area (Å²) >= 11 is 0. The number of primary amides is 1. The maximum Gasteiger partial charge on any atom is 0.237 e. The molecular formula is C14H14N6O. The van der Waals surface area contributed by atoms with Gasteiger partial charge in [0.2, 0.25) is 5.91 Å². The molecule has 0 fully saturated rings. The van der Waals surface area contributed by atoms with Crippen LogP contribution < -0.4 is 16.4 Å². The molecule has 7 nitrogen and oxygen atoms in total. The largest absolute Gasteiger partial charge is 0.399 e. The number of anilines is 2. The van der Waals surface area contributed by atoms with Crippen molar-refractivity contribution < 1.29 is 4.79 Å². The Morgan fingerprint density at radius 3 is 2.86 bits per heavy atom. The summed E-state index contributed by atoms with van der Waals surface area (Å²) < 4.78 is 0. The van der Waals surface area contributed by atoms with Gasteiger partial charge in [-0.2, -0.15) is 10.4 Å². The van der Waals surface area contributed by atoms with E-state index < -0.39 is 5.91 Å². The summed E-state index contributed by atoms with van der Waals surface area (Å²) in [6, 6.07) is 10.8. The molecule has 1 aromatic carbocycles. The molecule has 0 unspecified atom stereocenters. The zero-order valence-electron chi connectivity index (χ0n) is 11.2. The molecule has 0 saturated carbocycles. The number of hydrogen-bond acceptors (Lipinski definition) is 6. The van der Waals surface area contributed by atoms with Crippen LogP contribution >= 0.6 is 0 Å². The van der Waals surface area contributed by atoms with Crippen molar-refractivity contribution in [3.05, 3.63) is 47.7 Å². The average Bonchev–Trinajstić information content (AvgIpc) is 2.46. The molecule has 7 heteroatoms. The van der Waals surface area contributed by atoms with Gasteiger partial charge in [0.15, 0.2) is 5.82 Å². The van der Waals surface area contributed by atoms with E-state index in [9.17, 15) is 4.79 Å². The van der Waals surface area contributed by atoms with E-state index in [1.54, 1.807) is 17.0 Å². The Labute approximate surface area is 121 Å². The molecule has 1 aromatic heterocycles. The first-order valence-electron chi connectivity index (χ1n) is 6.19. The maximum absolute atomic E-state index is 11.3. The quantitative estimate of drug-likeness (QED) is 0.766. The number of amides is 1. The van der Waals surface area contributed by atoms with Crippen molar-refractivity contribution in [2.75, 3.05) is 17.2 Å². The Morgan fingerprint density at radius 2 is 2.19 bits per heavy atom. The summed E-state index contributed by atoms with van der Waals surface area (Å²) in [6.07, 6.45) is 1.42. The van der Waals surface area contributed by atoms with Crippen LogP contribution in [0.5, 0.6) is 0 Å². The molecule has 0 bridgehead atoms. The second-order valence-electron chi connectivity index (χ2n) is 4.45. The van der Waals surface area contributed by atoms with Crippen molar-refractivity contribution in [3.63, 3.8) is 0 Å². The number of benzene rings is 1. The fraction of sp³-hybridized carbons (Fsp3) is 0.143. The lowest BCUT2D eigenvalue weighted by atomic mass is 10.1. The van der Waals surface area contributed by atoms with E-state index in [1.807, 2.05) is 18.2 Å². The molecule has 4 N–H and O–H groups in total. The van der Waals surface area contributed by atoms with Crippen LogP contribution in [0.2, 0.25) is 0 Å². The van der Waals surface area contributed by atoms with Gasteiger partial charge in [0.1, 0.15) is 6.07 Å². The van der Waals surface area contributed by atoms with Gasteiger partial charge in [-0.25, -0.2) is 0 Å². The number of aromatic nitrogens is 2. The van der Waals surface area contributed by atoms with Gasteiger partial charge in [0.05, 0.1) is 18.3 Å². The number of carbonyl (C=O) groups is 1. The Morgan fingerprint density at radius 1 is 1.38 bits per heavy atom. The third-order valence-corrected chi connectivity index (χ3v) is 2.79. The number of nitrogen functional groups attached to an aromatic ring is 1. The number of carbonyl (C=O) groups excluding carboxylic acids is 1. The van der Waals surface area contributed by atoms with E-state index in [4.69, 9.17) is 16.7 Å². The highest BCUT2D eigenvalue weighted by atomic mass is 16.1. The number of nitrogens with zero attached hydrogens (tertiary/aromatic N) is 4. The van der Waals surface area contributed by atoms with E-state index >= 15 is 0 Å². The summed E-state index contributed by atoms with van der Waals surface area (Å²) in [5.74, 6) is -0.199. The average molecular weight is 282 g/mol. The minimum absolute atomic E-state index is 0.0673. The predicted octanol–water partition coefficient (Wildman–Crippen LogP) is 0.422. The molecule has 0 atom stereocenters. The molecule has 1 heterocycles. The van der Waals surface area contributed by atoms with E-state index in [0.29, 0.717) is 23.6 Å². The van der Waals surface area contributed by atoms with Crippen molar-refractivity contribution in [3.8, 4) is 6.07 Å². The zero-order valence-corrected chi connectivity index (χ0v) is 11.2. The smallest absolute Gasteiger partial charge is 0.237 e. The topological polar surface area (TPSA) is 122 Å². The van der Waals surface area contributed by atoms with Gasteiger partial charge in [-0.15, -0.1) is 5.10 Å². The van der Waals surface area contributed by atoms with Gasteiger partial charge < -0.3 is 16.4 Å². The molecule has 1 amide bonds. The summed E-state index contributed by atoms with van der Waals surface area (Å²) in [7, 11) is 0. The molecule has 0 radical (unpaired) electrons. The lowest BCUT2D eigenvalue weighted by Gasteiger charge is -2.22. The Balaban J connectivity index is 2.35. The van der Waals surface area contributed by atoms with Crippen LogP contribution in [0.1, 0.15) is 11.1 Å². The summed E-state index contributed by atoms with van der Waals surface area (Å²) in [6.45, 7) is 0.281. The maximum atomic E-state index is 11.3. The molecule has 0 aliphatic heterocycles. The zero-order chi connectivity index (χ0) is 15.2. The predicted molar refractivity (Wildman–Crippen MR) is 77.8 cm³/mol. The highest BCUT2D eigenvalue weighted by Gasteiger charge is 2.16. The van der Waals surface area contributed by atoms with Crippen LogP contribution in [-0.2, 0) is 11.3 Å². The third-order valence-electron chi connectivity index (χ3n) is 2.79. The first kappa shape index (κ1) is 14.3. The molecule has 106 valence electrons. The van der Waals surface area contributed by atoms with Crippen LogP contribution in [0.25, 0.3) is 0 Å². The van der Waals surface area contributed by atoms with Crippen molar-refractivity contribution in [1.29, 1.82) is 5.26 Å². The van der Waals surface area contributed by atoms with E-state index in [2.05, 4.69) is 10.2 Å². The molecule has 2 rings (SSSR count). The molecule has 0 aliphatic carbocycles. The normalized spacial score (nSPS) is 9.86. The number of nitrogens with two attached hydrogens (primary N) is 2. The van der Waals surface area contributed by atoms with Gasteiger partial charge in [-0.1, -0.05) is 12.1 Å². The standard InChI is InChI=1S/C14H14N6O/c15-7-11-4-5-18-19-14(11)20(9-13(17)21)8-10-2-1-3-12(16)6-10/h1-6H,8-9,16H2,(H2,17,21). The molecule has 0 saturated heterocycles. The summed E-state index contributed by atoms with van der Waals surface area (Å²) in [4.78, 5) is 12.9. The molecule has 0 spiro atoms. The highest BCUT2D eigenvalue weighted by Crippen LogP contribution is 2.18. The van der Waals surface area contributed by atoms with Crippen LogP contribution in [0, 0.1) is 11.3 Å². The Bertz CT molecular complexity index is 694. The fourth-order valence-corrected chi connectivity index (χ4v) is 1.95. The molecule has 21 heavy (non-hydrogen) atoms. The van der Waals surface area contributed by atoms with Crippen LogP contribution in [0.4, 0.5) is 11.5 Å².